The van der Waals surface area contributed by atoms with Crippen LogP contribution in [0.5, 0.6) is 11.5 Å². The number of rotatable bonds is 7. The van der Waals surface area contributed by atoms with Crippen LogP contribution in [0.1, 0.15) is 34.1 Å². The molecule has 0 saturated carbocycles. The van der Waals surface area contributed by atoms with Gasteiger partial charge in [0.25, 0.3) is 5.91 Å². The number of ether oxygens (including phenoxy) is 2. The Morgan fingerprint density at radius 1 is 1.29 bits per heavy atom. The molecule has 2 N–H and O–H groups in total. The molecule has 1 atom stereocenters. The largest absolute Gasteiger partial charge is 0.493 e. The highest BCUT2D eigenvalue weighted by Gasteiger charge is 2.22. The summed E-state index contributed by atoms with van der Waals surface area (Å²) in [5.74, 6) is -0.384. The Morgan fingerprint density at radius 3 is 2.54 bits per heavy atom. The summed E-state index contributed by atoms with van der Waals surface area (Å²) < 4.78 is 14.5. The Morgan fingerprint density at radius 2 is 2.00 bits per heavy atom. The molecule has 1 unspecified atom stereocenters. The number of hydrogen-bond acceptors (Lipinski definition) is 6. The summed E-state index contributed by atoms with van der Waals surface area (Å²) in [6, 6.07) is 4.33. The number of benzene rings is 1. The smallest absolute Gasteiger partial charge is 0.305 e. The van der Waals surface area contributed by atoms with Crippen molar-refractivity contribution in [3.05, 3.63) is 40.4 Å². The third kappa shape index (κ3) is 4.02. The number of hydrogen-bond donors (Lipinski definition) is 2. The van der Waals surface area contributed by atoms with Crippen LogP contribution in [0.4, 0.5) is 0 Å². The Hall–Kier alpha value is -2.61. The molecule has 24 heavy (non-hydrogen) atoms. The maximum Gasteiger partial charge on any atom is 0.305 e. The molecule has 0 fully saturated rings. The molecule has 1 aromatic carbocycles. The van der Waals surface area contributed by atoms with Crippen molar-refractivity contribution in [1.82, 2.24) is 9.69 Å². The molecule has 2 rings (SSSR count). The molecule has 7 nitrogen and oxygen atoms in total. The molecule has 128 valence electrons. The number of methoxy groups -OCH3 is 2. The number of carboxylic acid groups (broad SMARTS) is 1. The molecule has 0 aliphatic rings. The van der Waals surface area contributed by atoms with Crippen molar-refractivity contribution in [1.29, 1.82) is 0 Å². The predicted molar refractivity (Wildman–Crippen MR) is 88.9 cm³/mol. The van der Waals surface area contributed by atoms with Crippen LogP contribution in [-0.4, -0.2) is 35.6 Å². The zero-order valence-electron chi connectivity index (χ0n) is 13.5. The van der Waals surface area contributed by atoms with Crippen molar-refractivity contribution in [2.24, 2.45) is 0 Å². The van der Waals surface area contributed by atoms with Gasteiger partial charge in [-0.05, 0) is 36.2 Å². The minimum Gasteiger partial charge on any atom is -0.493 e. The van der Waals surface area contributed by atoms with Crippen LogP contribution in [0.25, 0.3) is 0 Å². The summed E-state index contributed by atoms with van der Waals surface area (Å²) in [6.07, 6.45) is -0.252. The summed E-state index contributed by atoms with van der Waals surface area (Å²) in [5, 5.41) is 13.5. The predicted octanol–water partition coefficient (Wildman–Crippen LogP) is 2.41. The van der Waals surface area contributed by atoms with E-state index in [-0.39, 0.29) is 12.3 Å². The lowest BCUT2D eigenvalue weighted by Crippen LogP contribution is -2.30. The summed E-state index contributed by atoms with van der Waals surface area (Å²) in [6.45, 7) is 1.73. The van der Waals surface area contributed by atoms with Crippen LogP contribution in [0.15, 0.2) is 23.6 Å². The molecular formula is C16H18N2O5S. The number of nitrogens with one attached hydrogen (secondary N) is 1. The van der Waals surface area contributed by atoms with Gasteiger partial charge in [0.05, 0.1) is 37.9 Å². The van der Waals surface area contributed by atoms with Gasteiger partial charge in [0.1, 0.15) is 0 Å². The first-order valence-corrected chi connectivity index (χ1v) is 7.95. The summed E-state index contributed by atoms with van der Waals surface area (Å²) in [5.41, 5.74) is 1.67. The minimum absolute atomic E-state index is 0.252. The van der Waals surface area contributed by atoms with E-state index in [1.807, 2.05) is 0 Å². The molecule has 0 radical (unpaired) electrons. The monoisotopic (exact) mass is 350 g/mol. The second kappa shape index (κ2) is 7.78. The van der Waals surface area contributed by atoms with Crippen LogP contribution < -0.4 is 14.8 Å². The fourth-order valence-corrected chi connectivity index (χ4v) is 2.93. The first kappa shape index (κ1) is 17.7. The van der Waals surface area contributed by atoms with Gasteiger partial charge in [-0.2, -0.15) is 4.37 Å². The second-order valence-corrected chi connectivity index (χ2v) is 5.68. The van der Waals surface area contributed by atoms with E-state index < -0.39 is 12.0 Å². The van der Waals surface area contributed by atoms with E-state index in [1.54, 1.807) is 30.5 Å². The molecule has 1 heterocycles. The van der Waals surface area contributed by atoms with Crippen LogP contribution >= 0.6 is 11.5 Å². The van der Waals surface area contributed by atoms with Gasteiger partial charge in [-0.15, -0.1) is 0 Å². The number of amides is 1. The van der Waals surface area contributed by atoms with Gasteiger partial charge in [-0.1, -0.05) is 6.07 Å². The van der Waals surface area contributed by atoms with E-state index in [2.05, 4.69) is 9.69 Å². The minimum atomic E-state index is -1.02. The SMILES string of the molecule is COc1ccc(C(CC(=O)O)NC(=O)c2csnc2C)cc1OC. The van der Waals surface area contributed by atoms with E-state index in [0.717, 1.165) is 0 Å². The first-order valence-electron chi connectivity index (χ1n) is 7.11. The van der Waals surface area contributed by atoms with Crippen molar-refractivity contribution in [2.45, 2.75) is 19.4 Å². The fraction of sp³-hybridized carbons (Fsp3) is 0.312. The van der Waals surface area contributed by atoms with Gasteiger partial charge in [0.15, 0.2) is 11.5 Å². The Kier molecular flexibility index (Phi) is 5.75. The Labute approximate surface area is 143 Å². The third-order valence-electron chi connectivity index (χ3n) is 3.49. The molecular weight excluding hydrogens is 332 g/mol. The third-order valence-corrected chi connectivity index (χ3v) is 4.21. The van der Waals surface area contributed by atoms with Crippen LogP contribution in [-0.2, 0) is 4.79 Å². The van der Waals surface area contributed by atoms with Crippen LogP contribution in [0.2, 0.25) is 0 Å². The number of aromatic nitrogens is 1. The van der Waals surface area contributed by atoms with Crippen molar-refractivity contribution in [2.75, 3.05) is 14.2 Å². The lowest BCUT2D eigenvalue weighted by Gasteiger charge is -2.19. The summed E-state index contributed by atoms with van der Waals surface area (Å²) >= 11 is 1.18. The average Bonchev–Trinajstić information content (AvgIpc) is 2.99. The van der Waals surface area contributed by atoms with Crippen LogP contribution in [0, 0.1) is 6.92 Å². The average molecular weight is 350 g/mol. The van der Waals surface area contributed by atoms with Gasteiger partial charge in [-0.25, -0.2) is 0 Å². The molecule has 1 amide bonds. The topological polar surface area (TPSA) is 97.8 Å². The normalized spacial score (nSPS) is 11.6. The van der Waals surface area contributed by atoms with E-state index >= 15 is 0 Å². The van der Waals surface area contributed by atoms with Crippen molar-refractivity contribution in [3.8, 4) is 11.5 Å². The van der Waals surface area contributed by atoms with Crippen molar-refractivity contribution in [3.63, 3.8) is 0 Å². The number of aliphatic carboxylic acids is 1. The maximum absolute atomic E-state index is 12.4. The Bertz CT molecular complexity index is 744. The molecule has 2 aromatic rings. The number of aryl methyl sites for hydroxylation is 1. The fourth-order valence-electron chi connectivity index (χ4n) is 2.24. The molecule has 0 spiro atoms. The molecule has 0 aliphatic heterocycles. The molecule has 0 saturated heterocycles. The zero-order valence-corrected chi connectivity index (χ0v) is 14.3. The Balaban J connectivity index is 2.30. The molecule has 0 bridgehead atoms. The molecule has 0 aliphatic carbocycles. The maximum atomic E-state index is 12.4. The lowest BCUT2D eigenvalue weighted by atomic mass is 10.0. The number of carbonyl (C=O) groups is 2. The van der Waals surface area contributed by atoms with Gasteiger partial charge in [0.2, 0.25) is 0 Å². The summed E-state index contributed by atoms with van der Waals surface area (Å²) in [7, 11) is 3.01. The van der Waals surface area contributed by atoms with Gasteiger partial charge < -0.3 is 19.9 Å². The van der Waals surface area contributed by atoms with E-state index in [0.29, 0.717) is 28.3 Å². The van der Waals surface area contributed by atoms with Gasteiger partial charge in [-0.3, -0.25) is 9.59 Å². The van der Waals surface area contributed by atoms with E-state index in [1.165, 1.54) is 25.8 Å². The van der Waals surface area contributed by atoms with Crippen LogP contribution in [0.3, 0.4) is 0 Å². The highest BCUT2D eigenvalue weighted by Crippen LogP contribution is 2.31. The standard InChI is InChI=1S/C16H18N2O5S/c1-9-11(8-24-18-9)16(21)17-12(7-15(19)20)10-4-5-13(22-2)14(6-10)23-3/h4-6,8,12H,7H2,1-3H3,(H,17,21)(H,19,20). The summed E-state index contributed by atoms with van der Waals surface area (Å²) in [4.78, 5) is 23.6. The number of carboxylic acids is 1. The van der Waals surface area contributed by atoms with Crippen molar-refractivity contribution >= 4 is 23.4 Å². The highest BCUT2D eigenvalue weighted by atomic mass is 32.1. The first-order chi connectivity index (χ1) is 11.5. The quantitative estimate of drug-likeness (QED) is 0.796. The van der Waals surface area contributed by atoms with Gasteiger partial charge in [0, 0.05) is 5.38 Å². The lowest BCUT2D eigenvalue weighted by molar-refractivity contribution is -0.137. The number of carbonyl (C=O) groups excluding carboxylic acids is 1. The zero-order chi connectivity index (χ0) is 17.7. The van der Waals surface area contributed by atoms with Gasteiger partial charge >= 0.3 is 5.97 Å². The van der Waals surface area contributed by atoms with Crippen molar-refractivity contribution < 1.29 is 24.2 Å². The highest BCUT2D eigenvalue weighted by molar-refractivity contribution is 7.03. The number of nitrogens with zero attached hydrogens (tertiary/aromatic N) is 1. The molecule has 1 aromatic heterocycles. The second-order valence-electron chi connectivity index (χ2n) is 5.05. The molecule has 8 heteroatoms. The van der Waals surface area contributed by atoms with E-state index in [4.69, 9.17) is 14.6 Å². The van der Waals surface area contributed by atoms with E-state index in [9.17, 15) is 9.59 Å².